The van der Waals surface area contributed by atoms with E-state index >= 15 is 0 Å². The van der Waals surface area contributed by atoms with Gasteiger partial charge in [-0.05, 0) is 96.3 Å². The zero-order valence-corrected chi connectivity index (χ0v) is 42.7. The van der Waals surface area contributed by atoms with Crippen molar-refractivity contribution in [2.24, 2.45) is 0 Å². The number of unbranched alkanes of at least 4 members (excludes halogenated alkanes) is 26. The molecule has 0 aliphatic heterocycles. The summed E-state index contributed by atoms with van der Waals surface area (Å²) in [6, 6.07) is 0. The molecule has 0 heterocycles. The van der Waals surface area contributed by atoms with Crippen molar-refractivity contribution >= 4 is 17.9 Å². The van der Waals surface area contributed by atoms with Gasteiger partial charge >= 0.3 is 17.9 Å². The molecule has 0 amide bonds. The largest absolute Gasteiger partial charge is 0.462 e. The Bertz CT molecular complexity index is 1230. The minimum absolute atomic E-state index is 0.101. The van der Waals surface area contributed by atoms with Gasteiger partial charge in [0.2, 0.25) is 0 Å². The number of carbonyl (C=O) groups is 3. The summed E-state index contributed by atoms with van der Waals surface area (Å²) in [4.78, 5) is 38.0. The van der Waals surface area contributed by atoms with Crippen molar-refractivity contribution in [2.45, 2.75) is 271 Å². The molecule has 0 N–H and O–H groups in total. The maximum atomic E-state index is 12.8. The number of rotatable bonds is 49. The summed E-state index contributed by atoms with van der Waals surface area (Å²) in [6.07, 6.45) is 67.6. The summed E-state index contributed by atoms with van der Waals surface area (Å²) in [5.41, 5.74) is 0. The Kier molecular flexibility index (Phi) is 50.9. The summed E-state index contributed by atoms with van der Waals surface area (Å²) < 4.78 is 16.8. The SMILES string of the molecule is CC/C=C\C/C=C\C/C=C\C/C=C\CCC(=O)OCC(COC(=O)CCCCCCCCC/C=C\CCCCCCCC)OC(=O)CCCCCCCCC/C=C\CCCCCCCC. The van der Waals surface area contributed by atoms with Crippen molar-refractivity contribution in [3.8, 4) is 0 Å². The number of esters is 3. The van der Waals surface area contributed by atoms with Crippen molar-refractivity contribution in [3.05, 3.63) is 72.9 Å². The average molecular weight is 907 g/mol. The van der Waals surface area contributed by atoms with Crippen LogP contribution in [-0.4, -0.2) is 37.2 Å². The predicted molar refractivity (Wildman–Crippen MR) is 279 cm³/mol. The fourth-order valence-corrected chi connectivity index (χ4v) is 7.56. The van der Waals surface area contributed by atoms with Crippen LogP contribution >= 0.6 is 0 Å². The molecular weight excluding hydrogens is 805 g/mol. The maximum Gasteiger partial charge on any atom is 0.306 e. The first-order valence-corrected chi connectivity index (χ1v) is 27.4. The second kappa shape index (κ2) is 53.5. The first-order valence-electron chi connectivity index (χ1n) is 27.4. The molecule has 0 rings (SSSR count). The van der Waals surface area contributed by atoms with Crippen LogP contribution in [0.3, 0.4) is 0 Å². The van der Waals surface area contributed by atoms with Gasteiger partial charge in [0.05, 0.1) is 0 Å². The number of carbonyl (C=O) groups excluding carboxylic acids is 3. The van der Waals surface area contributed by atoms with Crippen LogP contribution in [0.25, 0.3) is 0 Å². The van der Waals surface area contributed by atoms with Crippen LogP contribution in [-0.2, 0) is 28.6 Å². The third kappa shape index (κ3) is 51.7. The lowest BCUT2D eigenvalue weighted by Crippen LogP contribution is -2.30. The highest BCUT2D eigenvalue weighted by Crippen LogP contribution is 2.14. The quantitative estimate of drug-likeness (QED) is 0.0262. The summed E-state index contributed by atoms with van der Waals surface area (Å²) in [7, 11) is 0. The molecule has 6 nitrogen and oxygen atoms in total. The smallest absolute Gasteiger partial charge is 0.306 e. The molecule has 0 aliphatic carbocycles. The van der Waals surface area contributed by atoms with Crippen LogP contribution in [0.1, 0.15) is 265 Å². The molecule has 374 valence electrons. The summed E-state index contributed by atoms with van der Waals surface area (Å²) in [6.45, 7) is 6.46. The Labute approximate surface area is 402 Å². The standard InChI is InChI=1S/C59H102O6/c1-4-7-10-13-16-19-22-25-27-29-31-34-37-40-43-46-49-52-58(61)64-55-56(54-63-57(60)51-48-45-42-39-36-33-24-21-18-15-12-9-6-3)65-59(62)53-50-47-44-41-38-35-32-30-28-26-23-20-17-14-11-8-5-2/h9,12,18,21,25-28,33,36,42,45,56H,4-8,10-11,13-17,19-20,22-24,29-32,34-35,37-41,43-44,46-55H2,1-3H3/b12-9-,21-18-,27-25-,28-26-,36-33-,45-42-. The molecule has 0 aromatic heterocycles. The van der Waals surface area contributed by atoms with E-state index in [9.17, 15) is 14.4 Å². The first kappa shape index (κ1) is 61.9. The minimum Gasteiger partial charge on any atom is -0.462 e. The number of hydrogen-bond donors (Lipinski definition) is 0. The molecule has 6 heteroatoms. The lowest BCUT2D eigenvalue weighted by Gasteiger charge is -2.18. The molecule has 0 saturated carbocycles. The molecule has 0 bridgehead atoms. The molecule has 0 saturated heterocycles. The Hall–Kier alpha value is -3.15. The van der Waals surface area contributed by atoms with Crippen LogP contribution in [0.5, 0.6) is 0 Å². The molecular formula is C59H102O6. The van der Waals surface area contributed by atoms with Gasteiger partial charge in [0, 0.05) is 19.3 Å². The van der Waals surface area contributed by atoms with Gasteiger partial charge in [-0.25, -0.2) is 0 Å². The van der Waals surface area contributed by atoms with Gasteiger partial charge in [-0.1, -0.05) is 222 Å². The second-order valence-corrected chi connectivity index (χ2v) is 18.1. The van der Waals surface area contributed by atoms with Gasteiger partial charge in [-0.2, -0.15) is 0 Å². The van der Waals surface area contributed by atoms with E-state index in [1.54, 1.807) is 0 Å². The van der Waals surface area contributed by atoms with E-state index in [0.29, 0.717) is 19.3 Å². The Morgan fingerprint density at radius 2 is 0.631 bits per heavy atom. The summed E-state index contributed by atoms with van der Waals surface area (Å²) in [5.74, 6) is -0.989. The number of allylic oxidation sites excluding steroid dienone is 12. The highest BCUT2D eigenvalue weighted by molar-refractivity contribution is 5.71. The van der Waals surface area contributed by atoms with Gasteiger partial charge in [0.15, 0.2) is 6.10 Å². The lowest BCUT2D eigenvalue weighted by molar-refractivity contribution is -0.166. The fraction of sp³-hybridized carbons (Fsp3) is 0.746. The van der Waals surface area contributed by atoms with E-state index in [4.69, 9.17) is 14.2 Å². The number of ether oxygens (including phenoxy) is 3. The van der Waals surface area contributed by atoms with Gasteiger partial charge in [-0.3, -0.25) is 14.4 Å². The zero-order chi connectivity index (χ0) is 47.2. The summed E-state index contributed by atoms with van der Waals surface area (Å²) >= 11 is 0. The predicted octanol–water partition coefficient (Wildman–Crippen LogP) is 18.2. The maximum absolute atomic E-state index is 12.8. The van der Waals surface area contributed by atoms with Gasteiger partial charge in [-0.15, -0.1) is 0 Å². The average Bonchev–Trinajstić information content (AvgIpc) is 3.30. The van der Waals surface area contributed by atoms with Crippen LogP contribution in [0.4, 0.5) is 0 Å². The fourth-order valence-electron chi connectivity index (χ4n) is 7.56. The Morgan fingerprint density at radius 3 is 1.03 bits per heavy atom. The minimum atomic E-state index is -0.807. The third-order valence-corrected chi connectivity index (χ3v) is 11.7. The molecule has 0 aromatic rings. The molecule has 0 fully saturated rings. The Morgan fingerprint density at radius 1 is 0.323 bits per heavy atom. The highest BCUT2D eigenvalue weighted by Gasteiger charge is 2.19. The lowest BCUT2D eigenvalue weighted by atomic mass is 10.1. The van der Waals surface area contributed by atoms with Crippen molar-refractivity contribution in [3.63, 3.8) is 0 Å². The second-order valence-electron chi connectivity index (χ2n) is 18.1. The van der Waals surface area contributed by atoms with Crippen LogP contribution in [0.15, 0.2) is 72.9 Å². The van der Waals surface area contributed by atoms with E-state index in [-0.39, 0.29) is 37.5 Å². The zero-order valence-electron chi connectivity index (χ0n) is 42.7. The Balaban J connectivity index is 4.44. The molecule has 0 aromatic carbocycles. The van der Waals surface area contributed by atoms with Crippen LogP contribution in [0.2, 0.25) is 0 Å². The van der Waals surface area contributed by atoms with E-state index < -0.39 is 6.10 Å². The molecule has 0 spiro atoms. The number of hydrogen-bond acceptors (Lipinski definition) is 6. The molecule has 1 atom stereocenters. The van der Waals surface area contributed by atoms with E-state index in [1.807, 2.05) is 6.08 Å². The molecule has 1 unspecified atom stereocenters. The van der Waals surface area contributed by atoms with E-state index in [1.165, 1.54) is 154 Å². The molecule has 65 heavy (non-hydrogen) atoms. The van der Waals surface area contributed by atoms with E-state index in [0.717, 1.165) is 64.2 Å². The van der Waals surface area contributed by atoms with Crippen molar-refractivity contribution in [1.82, 2.24) is 0 Å². The monoisotopic (exact) mass is 907 g/mol. The van der Waals surface area contributed by atoms with Crippen LogP contribution < -0.4 is 0 Å². The van der Waals surface area contributed by atoms with Crippen molar-refractivity contribution in [1.29, 1.82) is 0 Å². The van der Waals surface area contributed by atoms with Gasteiger partial charge < -0.3 is 14.2 Å². The van der Waals surface area contributed by atoms with Crippen LogP contribution in [0, 0.1) is 0 Å². The first-order chi connectivity index (χ1) is 32.0. The molecule has 0 aliphatic rings. The normalized spacial score (nSPS) is 12.6. The van der Waals surface area contributed by atoms with Gasteiger partial charge in [0.1, 0.15) is 13.2 Å². The van der Waals surface area contributed by atoms with E-state index in [2.05, 4.69) is 87.6 Å². The summed E-state index contributed by atoms with van der Waals surface area (Å²) in [5, 5.41) is 0. The van der Waals surface area contributed by atoms with Gasteiger partial charge in [0.25, 0.3) is 0 Å². The van der Waals surface area contributed by atoms with Crippen molar-refractivity contribution in [2.75, 3.05) is 13.2 Å². The highest BCUT2D eigenvalue weighted by atomic mass is 16.6. The third-order valence-electron chi connectivity index (χ3n) is 11.7. The molecule has 0 radical (unpaired) electrons. The topological polar surface area (TPSA) is 78.9 Å². The van der Waals surface area contributed by atoms with Crippen molar-refractivity contribution < 1.29 is 28.6 Å².